The summed E-state index contributed by atoms with van der Waals surface area (Å²) in [6.07, 6.45) is 9.07. The van der Waals surface area contributed by atoms with Crippen LogP contribution in [-0.2, 0) is 19.4 Å². The first-order chi connectivity index (χ1) is 10.4. The van der Waals surface area contributed by atoms with E-state index in [9.17, 15) is 0 Å². The Balaban J connectivity index is 1.65. The van der Waals surface area contributed by atoms with E-state index in [4.69, 9.17) is 0 Å². The molecule has 0 bridgehead atoms. The lowest BCUT2D eigenvalue weighted by molar-refractivity contribution is 0.483. The highest BCUT2D eigenvalue weighted by atomic mass is 15.0. The summed E-state index contributed by atoms with van der Waals surface area (Å²) in [5, 5.41) is 3.35. The molecule has 0 spiro atoms. The Morgan fingerprint density at radius 2 is 2.24 bits per heavy atom. The second kappa shape index (κ2) is 6.90. The van der Waals surface area contributed by atoms with Gasteiger partial charge in [0.1, 0.15) is 0 Å². The van der Waals surface area contributed by atoms with Crippen LogP contribution in [0.25, 0.3) is 0 Å². The standard InChI is InChI=1S/C18H25N3/c1-2-19-11-10-17-13-21(14-20-17)12-16-8-5-7-15-6-3-4-9-18(15)16/h3-4,6,9,13-14,16,19H,2,5,7-8,10-12H2,1H3. The van der Waals surface area contributed by atoms with Gasteiger partial charge in [0.25, 0.3) is 0 Å². The lowest BCUT2D eigenvalue weighted by atomic mass is 9.83. The number of hydrogen-bond acceptors (Lipinski definition) is 2. The molecule has 21 heavy (non-hydrogen) atoms. The van der Waals surface area contributed by atoms with E-state index in [-0.39, 0.29) is 0 Å². The Morgan fingerprint density at radius 1 is 1.33 bits per heavy atom. The van der Waals surface area contributed by atoms with Crippen molar-refractivity contribution in [1.82, 2.24) is 14.9 Å². The Hall–Kier alpha value is -1.61. The van der Waals surface area contributed by atoms with Crippen LogP contribution < -0.4 is 5.32 Å². The van der Waals surface area contributed by atoms with Crippen molar-refractivity contribution >= 4 is 0 Å². The number of aromatic nitrogens is 2. The first-order valence-electron chi connectivity index (χ1n) is 8.16. The molecular weight excluding hydrogens is 258 g/mol. The molecular formula is C18H25N3. The van der Waals surface area contributed by atoms with Gasteiger partial charge in [-0.05, 0) is 36.9 Å². The maximum absolute atomic E-state index is 4.53. The van der Waals surface area contributed by atoms with Crippen LogP contribution in [0, 0.1) is 0 Å². The maximum atomic E-state index is 4.53. The first kappa shape index (κ1) is 14.3. The molecule has 0 aliphatic heterocycles. The number of imidazole rings is 1. The fourth-order valence-electron chi connectivity index (χ4n) is 3.33. The lowest BCUT2D eigenvalue weighted by Crippen LogP contribution is -2.16. The SMILES string of the molecule is CCNCCc1cn(CC2CCCc3ccccc32)cn1. The number of fused-ring (bicyclic) bond motifs is 1. The van der Waals surface area contributed by atoms with Crippen LogP contribution in [0.5, 0.6) is 0 Å². The topological polar surface area (TPSA) is 29.9 Å². The van der Waals surface area contributed by atoms with E-state index in [1.807, 2.05) is 6.33 Å². The molecule has 0 fully saturated rings. The highest BCUT2D eigenvalue weighted by Gasteiger charge is 2.20. The molecule has 3 heteroatoms. The quantitative estimate of drug-likeness (QED) is 0.825. The molecule has 0 saturated heterocycles. The summed E-state index contributed by atoms with van der Waals surface area (Å²) < 4.78 is 2.27. The number of likely N-dealkylation sites (N-methyl/N-ethyl adjacent to an activating group) is 1. The van der Waals surface area contributed by atoms with E-state index in [1.54, 1.807) is 11.1 Å². The number of nitrogens with one attached hydrogen (secondary N) is 1. The molecule has 0 amide bonds. The van der Waals surface area contributed by atoms with Crippen LogP contribution >= 0.6 is 0 Å². The monoisotopic (exact) mass is 283 g/mol. The van der Waals surface area contributed by atoms with E-state index in [2.05, 4.69) is 52.3 Å². The molecule has 1 N–H and O–H groups in total. The van der Waals surface area contributed by atoms with Gasteiger partial charge in [-0.3, -0.25) is 0 Å². The third kappa shape index (κ3) is 3.53. The fraction of sp³-hybridized carbons (Fsp3) is 0.500. The van der Waals surface area contributed by atoms with Gasteiger partial charge in [0.2, 0.25) is 0 Å². The molecule has 2 aromatic rings. The van der Waals surface area contributed by atoms with Crippen molar-refractivity contribution in [2.24, 2.45) is 0 Å². The summed E-state index contributed by atoms with van der Waals surface area (Å²) >= 11 is 0. The van der Waals surface area contributed by atoms with Crippen LogP contribution in [-0.4, -0.2) is 22.6 Å². The van der Waals surface area contributed by atoms with E-state index in [1.165, 1.54) is 25.0 Å². The summed E-state index contributed by atoms with van der Waals surface area (Å²) in [7, 11) is 0. The van der Waals surface area contributed by atoms with Gasteiger partial charge in [0, 0.05) is 31.6 Å². The maximum Gasteiger partial charge on any atom is 0.0949 e. The fourth-order valence-corrected chi connectivity index (χ4v) is 3.33. The smallest absolute Gasteiger partial charge is 0.0949 e. The first-order valence-corrected chi connectivity index (χ1v) is 8.16. The van der Waals surface area contributed by atoms with Crippen LogP contribution in [0.3, 0.4) is 0 Å². The molecule has 1 aromatic carbocycles. The van der Waals surface area contributed by atoms with E-state index < -0.39 is 0 Å². The van der Waals surface area contributed by atoms with Gasteiger partial charge in [-0.15, -0.1) is 0 Å². The zero-order valence-electron chi connectivity index (χ0n) is 12.9. The Morgan fingerprint density at radius 3 is 3.14 bits per heavy atom. The predicted octanol–water partition coefficient (Wildman–Crippen LogP) is 3.16. The average molecular weight is 283 g/mol. The van der Waals surface area contributed by atoms with Gasteiger partial charge in [0.05, 0.1) is 12.0 Å². The number of nitrogens with zero attached hydrogens (tertiary/aromatic N) is 2. The third-order valence-electron chi connectivity index (χ3n) is 4.42. The van der Waals surface area contributed by atoms with Crippen molar-refractivity contribution in [3.8, 4) is 0 Å². The zero-order chi connectivity index (χ0) is 14.5. The minimum atomic E-state index is 0.644. The Kier molecular flexibility index (Phi) is 4.71. The number of aryl methyl sites for hydroxylation is 1. The summed E-state index contributed by atoms with van der Waals surface area (Å²) in [5.41, 5.74) is 4.29. The molecule has 0 radical (unpaired) electrons. The molecule has 1 unspecified atom stereocenters. The Bertz CT molecular complexity index is 573. The summed E-state index contributed by atoms with van der Waals surface area (Å²) in [5.74, 6) is 0.644. The molecule has 0 saturated carbocycles. The highest BCUT2D eigenvalue weighted by Crippen LogP contribution is 2.32. The van der Waals surface area contributed by atoms with Crippen molar-refractivity contribution in [3.63, 3.8) is 0 Å². The van der Waals surface area contributed by atoms with Gasteiger partial charge in [-0.1, -0.05) is 31.2 Å². The molecule has 3 rings (SSSR count). The average Bonchev–Trinajstić information content (AvgIpc) is 2.96. The molecule has 1 aliphatic rings. The Labute approximate surface area is 127 Å². The molecule has 1 atom stereocenters. The summed E-state index contributed by atoms with van der Waals surface area (Å²) in [4.78, 5) is 4.53. The largest absolute Gasteiger partial charge is 0.337 e. The van der Waals surface area contributed by atoms with E-state index in [0.29, 0.717) is 5.92 Å². The molecule has 3 nitrogen and oxygen atoms in total. The van der Waals surface area contributed by atoms with Gasteiger partial charge in [-0.25, -0.2) is 4.98 Å². The second-order valence-corrected chi connectivity index (χ2v) is 5.95. The van der Waals surface area contributed by atoms with Crippen molar-refractivity contribution in [2.75, 3.05) is 13.1 Å². The van der Waals surface area contributed by atoms with E-state index in [0.717, 1.165) is 26.1 Å². The van der Waals surface area contributed by atoms with Crippen LogP contribution in [0.15, 0.2) is 36.8 Å². The van der Waals surface area contributed by atoms with Gasteiger partial charge in [0.15, 0.2) is 0 Å². The van der Waals surface area contributed by atoms with Gasteiger partial charge >= 0.3 is 0 Å². The molecule has 1 aliphatic carbocycles. The minimum absolute atomic E-state index is 0.644. The normalized spacial score (nSPS) is 17.7. The van der Waals surface area contributed by atoms with Crippen LogP contribution in [0.1, 0.15) is 42.5 Å². The highest BCUT2D eigenvalue weighted by molar-refractivity contribution is 5.32. The van der Waals surface area contributed by atoms with Gasteiger partial charge < -0.3 is 9.88 Å². The third-order valence-corrected chi connectivity index (χ3v) is 4.42. The van der Waals surface area contributed by atoms with Crippen molar-refractivity contribution in [3.05, 3.63) is 53.6 Å². The number of benzene rings is 1. The minimum Gasteiger partial charge on any atom is -0.337 e. The predicted molar refractivity (Wildman–Crippen MR) is 86.6 cm³/mol. The molecule has 1 aromatic heterocycles. The number of hydrogen-bond donors (Lipinski definition) is 1. The van der Waals surface area contributed by atoms with Crippen molar-refractivity contribution in [2.45, 2.75) is 45.1 Å². The molecule has 1 heterocycles. The van der Waals surface area contributed by atoms with Crippen LogP contribution in [0.4, 0.5) is 0 Å². The van der Waals surface area contributed by atoms with Crippen molar-refractivity contribution < 1.29 is 0 Å². The summed E-state index contributed by atoms with van der Waals surface area (Å²) in [6.45, 7) is 5.24. The second-order valence-electron chi connectivity index (χ2n) is 5.95. The van der Waals surface area contributed by atoms with E-state index >= 15 is 0 Å². The van der Waals surface area contributed by atoms with Gasteiger partial charge in [-0.2, -0.15) is 0 Å². The zero-order valence-corrected chi connectivity index (χ0v) is 12.9. The summed E-state index contributed by atoms with van der Waals surface area (Å²) in [6, 6.07) is 8.93. The number of rotatable bonds is 6. The lowest BCUT2D eigenvalue weighted by Gasteiger charge is -2.25. The van der Waals surface area contributed by atoms with Crippen LogP contribution in [0.2, 0.25) is 0 Å². The molecule has 112 valence electrons. The van der Waals surface area contributed by atoms with Crippen molar-refractivity contribution in [1.29, 1.82) is 0 Å².